The molecule has 1 aromatic rings. The number of likely N-dealkylation sites (tertiary alicyclic amines) is 1. The zero-order valence-corrected chi connectivity index (χ0v) is 14.9. The smallest absolute Gasteiger partial charge is 0.270 e. The molecule has 2 aliphatic heterocycles. The van der Waals surface area contributed by atoms with Gasteiger partial charge in [0.1, 0.15) is 6.04 Å². The highest BCUT2D eigenvalue weighted by Crippen LogP contribution is 2.36. The van der Waals surface area contributed by atoms with E-state index in [1.165, 1.54) is 24.3 Å². The molecule has 3 rings (SSSR count). The van der Waals surface area contributed by atoms with Gasteiger partial charge in [-0.3, -0.25) is 19.7 Å². The van der Waals surface area contributed by atoms with Crippen LogP contribution in [0.1, 0.15) is 36.5 Å². The number of hydrogen-bond acceptors (Lipinski definition) is 5. The lowest BCUT2D eigenvalue weighted by atomic mass is 9.78. The van der Waals surface area contributed by atoms with Crippen molar-refractivity contribution in [3.05, 3.63) is 39.9 Å². The molecule has 26 heavy (non-hydrogen) atoms. The van der Waals surface area contributed by atoms with Crippen LogP contribution in [-0.2, 0) is 4.79 Å². The number of non-ortho nitro benzene ring substituents is 1. The molecular formula is C18H24N4O4. The zero-order valence-electron chi connectivity index (χ0n) is 14.9. The lowest BCUT2D eigenvalue weighted by molar-refractivity contribution is -0.384. The Bertz CT molecular complexity index is 705. The van der Waals surface area contributed by atoms with E-state index in [2.05, 4.69) is 10.6 Å². The van der Waals surface area contributed by atoms with Gasteiger partial charge in [0, 0.05) is 37.3 Å². The summed E-state index contributed by atoms with van der Waals surface area (Å²) >= 11 is 0. The van der Waals surface area contributed by atoms with Crippen LogP contribution in [0.2, 0.25) is 0 Å². The number of nitrogens with zero attached hydrogens (tertiary/aromatic N) is 2. The highest BCUT2D eigenvalue weighted by molar-refractivity contribution is 5.97. The fourth-order valence-electron chi connectivity index (χ4n) is 3.80. The Morgan fingerprint density at radius 2 is 2.04 bits per heavy atom. The molecule has 0 aromatic heterocycles. The third-order valence-electron chi connectivity index (χ3n) is 5.51. The van der Waals surface area contributed by atoms with Crippen molar-refractivity contribution in [2.75, 3.05) is 26.2 Å². The summed E-state index contributed by atoms with van der Waals surface area (Å²) in [4.78, 5) is 37.0. The Morgan fingerprint density at radius 3 is 2.65 bits per heavy atom. The molecule has 0 radical (unpaired) electrons. The fraction of sp³-hybridized carbons (Fsp3) is 0.556. The van der Waals surface area contributed by atoms with E-state index < -0.39 is 16.9 Å². The standard InChI is InChI=1S/C18H24N4O4/c1-13(20-16(23)14-3-2-4-15(11-14)22(25)26)17(24)21-9-6-18(7-10-21)5-8-19-12-18/h2-4,11,13,19H,5-10,12H2,1H3,(H,20,23). The topological polar surface area (TPSA) is 105 Å². The highest BCUT2D eigenvalue weighted by Gasteiger charge is 2.38. The number of nitrogens with one attached hydrogen (secondary N) is 2. The van der Waals surface area contributed by atoms with Crippen molar-refractivity contribution in [3.63, 3.8) is 0 Å². The number of benzene rings is 1. The summed E-state index contributed by atoms with van der Waals surface area (Å²) in [6.07, 6.45) is 3.13. The predicted molar refractivity (Wildman–Crippen MR) is 95.8 cm³/mol. The van der Waals surface area contributed by atoms with Crippen molar-refractivity contribution in [2.24, 2.45) is 5.41 Å². The molecule has 0 saturated carbocycles. The summed E-state index contributed by atoms with van der Waals surface area (Å²) < 4.78 is 0. The van der Waals surface area contributed by atoms with E-state index >= 15 is 0 Å². The minimum Gasteiger partial charge on any atom is -0.341 e. The maximum absolute atomic E-state index is 12.6. The number of nitro groups is 1. The Labute approximate surface area is 152 Å². The third-order valence-corrected chi connectivity index (χ3v) is 5.51. The molecule has 2 saturated heterocycles. The van der Waals surface area contributed by atoms with Gasteiger partial charge in [0.15, 0.2) is 0 Å². The molecule has 1 unspecified atom stereocenters. The second-order valence-corrected chi connectivity index (χ2v) is 7.25. The first kappa shape index (κ1) is 18.3. The van der Waals surface area contributed by atoms with E-state index in [1.54, 1.807) is 6.92 Å². The molecule has 0 aliphatic carbocycles. The van der Waals surface area contributed by atoms with Crippen molar-refractivity contribution in [3.8, 4) is 0 Å². The average molecular weight is 360 g/mol. The molecule has 1 aromatic carbocycles. The zero-order chi connectivity index (χ0) is 18.7. The maximum atomic E-state index is 12.6. The molecule has 8 nitrogen and oxygen atoms in total. The summed E-state index contributed by atoms with van der Waals surface area (Å²) in [6, 6.07) is 4.82. The highest BCUT2D eigenvalue weighted by atomic mass is 16.6. The van der Waals surface area contributed by atoms with Gasteiger partial charge in [-0.1, -0.05) is 6.07 Å². The number of hydrogen-bond donors (Lipinski definition) is 2. The minimum atomic E-state index is -0.669. The molecule has 8 heteroatoms. The first-order valence-corrected chi connectivity index (χ1v) is 8.95. The molecule has 1 spiro atoms. The summed E-state index contributed by atoms with van der Waals surface area (Å²) in [5.41, 5.74) is 0.350. The molecular weight excluding hydrogens is 336 g/mol. The number of rotatable bonds is 4. The minimum absolute atomic E-state index is 0.107. The quantitative estimate of drug-likeness (QED) is 0.622. The van der Waals surface area contributed by atoms with Gasteiger partial charge in [0.25, 0.3) is 11.6 Å². The van der Waals surface area contributed by atoms with Crippen LogP contribution in [0.5, 0.6) is 0 Å². The SMILES string of the molecule is CC(NC(=O)c1cccc([N+](=O)[O-])c1)C(=O)N1CCC2(CCNC2)CC1. The maximum Gasteiger partial charge on any atom is 0.270 e. The van der Waals surface area contributed by atoms with Gasteiger partial charge < -0.3 is 15.5 Å². The number of nitro benzene ring substituents is 1. The molecule has 140 valence electrons. The van der Waals surface area contributed by atoms with Gasteiger partial charge in [-0.2, -0.15) is 0 Å². The molecule has 1 atom stereocenters. The first-order valence-electron chi connectivity index (χ1n) is 8.95. The van der Waals surface area contributed by atoms with Gasteiger partial charge in [0.05, 0.1) is 4.92 Å². The Kier molecular flexibility index (Phi) is 5.22. The van der Waals surface area contributed by atoms with Crippen molar-refractivity contribution in [2.45, 2.75) is 32.2 Å². The summed E-state index contributed by atoms with van der Waals surface area (Å²) in [5, 5.41) is 16.9. The van der Waals surface area contributed by atoms with Crippen molar-refractivity contribution >= 4 is 17.5 Å². The van der Waals surface area contributed by atoms with E-state index in [4.69, 9.17) is 0 Å². The lowest BCUT2D eigenvalue weighted by Crippen LogP contribution is -2.51. The van der Waals surface area contributed by atoms with Crippen LogP contribution in [0.15, 0.2) is 24.3 Å². The Hall–Kier alpha value is -2.48. The monoisotopic (exact) mass is 360 g/mol. The third kappa shape index (κ3) is 3.85. The normalized spacial score (nSPS) is 20.0. The van der Waals surface area contributed by atoms with E-state index in [0.29, 0.717) is 18.5 Å². The summed E-state index contributed by atoms with van der Waals surface area (Å²) in [7, 11) is 0. The lowest BCUT2D eigenvalue weighted by Gasteiger charge is -2.39. The fourth-order valence-corrected chi connectivity index (χ4v) is 3.80. The van der Waals surface area contributed by atoms with Crippen LogP contribution in [0.3, 0.4) is 0 Å². The van der Waals surface area contributed by atoms with Crippen LogP contribution in [0.25, 0.3) is 0 Å². The summed E-state index contributed by atoms with van der Waals surface area (Å²) in [5.74, 6) is -0.590. The predicted octanol–water partition coefficient (Wildman–Crippen LogP) is 1.32. The van der Waals surface area contributed by atoms with Gasteiger partial charge in [-0.05, 0) is 44.2 Å². The van der Waals surface area contributed by atoms with Crippen LogP contribution in [0.4, 0.5) is 5.69 Å². The number of piperidine rings is 1. The largest absolute Gasteiger partial charge is 0.341 e. The molecule has 2 N–H and O–H groups in total. The molecule has 2 aliphatic rings. The number of carbonyl (C=O) groups excluding carboxylic acids is 2. The van der Waals surface area contributed by atoms with Gasteiger partial charge >= 0.3 is 0 Å². The van der Waals surface area contributed by atoms with E-state index in [9.17, 15) is 19.7 Å². The van der Waals surface area contributed by atoms with Crippen LogP contribution < -0.4 is 10.6 Å². The molecule has 0 bridgehead atoms. The van der Waals surface area contributed by atoms with Gasteiger partial charge in [-0.15, -0.1) is 0 Å². The summed E-state index contributed by atoms with van der Waals surface area (Å²) in [6.45, 7) is 5.13. The first-order chi connectivity index (χ1) is 12.4. The Morgan fingerprint density at radius 1 is 1.31 bits per heavy atom. The van der Waals surface area contributed by atoms with Crippen LogP contribution in [-0.4, -0.2) is 53.9 Å². The Balaban J connectivity index is 1.56. The van der Waals surface area contributed by atoms with Crippen molar-refractivity contribution < 1.29 is 14.5 Å². The molecule has 2 heterocycles. The van der Waals surface area contributed by atoms with Gasteiger partial charge in [0.2, 0.25) is 5.91 Å². The molecule has 2 amide bonds. The van der Waals surface area contributed by atoms with E-state index in [1.807, 2.05) is 4.90 Å². The number of amides is 2. The van der Waals surface area contributed by atoms with Gasteiger partial charge in [-0.25, -0.2) is 0 Å². The van der Waals surface area contributed by atoms with E-state index in [0.717, 1.165) is 32.4 Å². The van der Waals surface area contributed by atoms with E-state index in [-0.39, 0.29) is 17.2 Å². The second-order valence-electron chi connectivity index (χ2n) is 7.25. The van der Waals surface area contributed by atoms with Crippen molar-refractivity contribution in [1.29, 1.82) is 0 Å². The number of carbonyl (C=O) groups is 2. The van der Waals surface area contributed by atoms with Crippen LogP contribution in [0, 0.1) is 15.5 Å². The average Bonchev–Trinajstić information content (AvgIpc) is 3.09. The van der Waals surface area contributed by atoms with Crippen LogP contribution >= 0.6 is 0 Å². The van der Waals surface area contributed by atoms with Crippen molar-refractivity contribution in [1.82, 2.24) is 15.5 Å². The molecule has 2 fully saturated rings. The second kappa shape index (κ2) is 7.41.